The monoisotopic (exact) mass is 442 g/mol. The average molecular weight is 442 g/mol. The number of nitrogens with one attached hydrogen (secondary N) is 1. The SMILES string of the molecule is COc1cc(N2CCN(C(=O)NCc3cc(F)cc(F)c3)CC2)ccc1-c1cnc(C)o1. The van der Waals surface area contributed by atoms with Crippen molar-refractivity contribution in [3.8, 4) is 17.1 Å². The molecule has 168 valence electrons. The number of nitrogens with zero attached hydrogens (tertiary/aromatic N) is 3. The number of methoxy groups -OCH3 is 1. The van der Waals surface area contributed by atoms with E-state index in [0.717, 1.165) is 17.3 Å². The lowest BCUT2D eigenvalue weighted by atomic mass is 10.1. The molecule has 1 fully saturated rings. The van der Waals surface area contributed by atoms with Crippen molar-refractivity contribution in [1.29, 1.82) is 0 Å². The normalized spacial score (nSPS) is 13.9. The molecule has 0 spiro atoms. The van der Waals surface area contributed by atoms with Crippen LogP contribution in [0, 0.1) is 18.6 Å². The van der Waals surface area contributed by atoms with Gasteiger partial charge in [0.1, 0.15) is 17.4 Å². The van der Waals surface area contributed by atoms with Crippen molar-refractivity contribution in [2.24, 2.45) is 0 Å². The third-order valence-electron chi connectivity index (χ3n) is 5.37. The molecule has 1 aromatic heterocycles. The lowest BCUT2D eigenvalue weighted by molar-refractivity contribution is 0.194. The van der Waals surface area contributed by atoms with E-state index in [1.54, 1.807) is 25.1 Å². The lowest BCUT2D eigenvalue weighted by Gasteiger charge is -2.36. The largest absolute Gasteiger partial charge is 0.496 e. The number of hydrogen-bond donors (Lipinski definition) is 1. The molecule has 1 aliphatic rings. The molecule has 0 saturated carbocycles. The van der Waals surface area contributed by atoms with Crippen molar-refractivity contribution in [2.45, 2.75) is 13.5 Å². The Kier molecular flexibility index (Phi) is 6.25. The first-order valence-corrected chi connectivity index (χ1v) is 10.3. The van der Waals surface area contributed by atoms with E-state index in [1.807, 2.05) is 18.2 Å². The van der Waals surface area contributed by atoms with Gasteiger partial charge in [-0.15, -0.1) is 0 Å². The van der Waals surface area contributed by atoms with E-state index in [1.165, 1.54) is 12.1 Å². The fourth-order valence-electron chi connectivity index (χ4n) is 3.74. The predicted molar refractivity (Wildman–Crippen MR) is 116 cm³/mol. The highest BCUT2D eigenvalue weighted by molar-refractivity contribution is 5.75. The van der Waals surface area contributed by atoms with E-state index < -0.39 is 11.6 Å². The molecule has 1 saturated heterocycles. The molecule has 0 atom stereocenters. The third-order valence-corrected chi connectivity index (χ3v) is 5.37. The van der Waals surface area contributed by atoms with Crippen LogP contribution in [0.1, 0.15) is 11.5 Å². The molecule has 7 nitrogen and oxygen atoms in total. The van der Waals surface area contributed by atoms with Crippen LogP contribution in [0.2, 0.25) is 0 Å². The van der Waals surface area contributed by atoms with Crippen molar-refractivity contribution in [3.05, 3.63) is 65.7 Å². The Morgan fingerprint density at radius 1 is 1.12 bits per heavy atom. The highest BCUT2D eigenvalue weighted by Gasteiger charge is 2.22. The maximum Gasteiger partial charge on any atom is 0.317 e. The van der Waals surface area contributed by atoms with Crippen molar-refractivity contribution >= 4 is 11.7 Å². The number of aromatic nitrogens is 1. The molecule has 2 heterocycles. The Morgan fingerprint density at radius 2 is 1.84 bits per heavy atom. The van der Waals surface area contributed by atoms with Crippen LogP contribution in [-0.4, -0.2) is 49.2 Å². The summed E-state index contributed by atoms with van der Waals surface area (Å²) in [5.74, 6) is 0.584. The van der Waals surface area contributed by atoms with Crippen LogP contribution in [0.3, 0.4) is 0 Å². The van der Waals surface area contributed by atoms with E-state index in [0.29, 0.717) is 49.1 Å². The topological polar surface area (TPSA) is 70.8 Å². The van der Waals surface area contributed by atoms with Gasteiger partial charge in [0.25, 0.3) is 0 Å². The number of ether oxygens (including phenoxy) is 1. The second-order valence-electron chi connectivity index (χ2n) is 7.54. The van der Waals surface area contributed by atoms with Crippen molar-refractivity contribution in [3.63, 3.8) is 0 Å². The average Bonchev–Trinajstić information content (AvgIpc) is 3.22. The maximum atomic E-state index is 13.3. The lowest BCUT2D eigenvalue weighted by Crippen LogP contribution is -2.51. The molecule has 32 heavy (non-hydrogen) atoms. The second-order valence-corrected chi connectivity index (χ2v) is 7.54. The Hall–Kier alpha value is -3.62. The van der Waals surface area contributed by atoms with Crippen LogP contribution in [0.15, 0.2) is 47.0 Å². The van der Waals surface area contributed by atoms with E-state index in [9.17, 15) is 13.6 Å². The summed E-state index contributed by atoms with van der Waals surface area (Å²) in [5, 5.41) is 2.72. The van der Waals surface area contributed by atoms with Gasteiger partial charge in [-0.1, -0.05) is 0 Å². The number of carbonyl (C=O) groups is 1. The van der Waals surface area contributed by atoms with E-state index in [4.69, 9.17) is 9.15 Å². The Bertz CT molecular complexity index is 1090. The fraction of sp³-hybridized carbons (Fsp3) is 0.304. The molecule has 2 aromatic carbocycles. The number of benzene rings is 2. The second kappa shape index (κ2) is 9.25. The van der Waals surface area contributed by atoms with Gasteiger partial charge in [-0.2, -0.15) is 0 Å². The minimum absolute atomic E-state index is 0.0630. The van der Waals surface area contributed by atoms with Crippen LogP contribution in [0.4, 0.5) is 19.3 Å². The third kappa shape index (κ3) is 4.82. The fourth-order valence-corrected chi connectivity index (χ4v) is 3.74. The molecule has 1 aliphatic heterocycles. The number of piperazine rings is 1. The number of urea groups is 1. The molecule has 0 radical (unpaired) electrons. The Morgan fingerprint density at radius 3 is 2.47 bits per heavy atom. The van der Waals surface area contributed by atoms with Crippen LogP contribution in [0.5, 0.6) is 5.75 Å². The summed E-state index contributed by atoms with van der Waals surface area (Å²) in [6.07, 6.45) is 1.67. The zero-order valence-electron chi connectivity index (χ0n) is 17.9. The molecule has 3 aromatic rings. The predicted octanol–water partition coefficient (Wildman–Crippen LogP) is 3.97. The number of aryl methyl sites for hydroxylation is 1. The molecule has 9 heteroatoms. The van der Waals surface area contributed by atoms with Crippen molar-refractivity contribution in [2.75, 3.05) is 38.2 Å². The zero-order chi connectivity index (χ0) is 22.7. The Labute approximate surface area is 184 Å². The summed E-state index contributed by atoms with van der Waals surface area (Å²) < 4.78 is 37.8. The van der Waals surface area contributed by atoms with Gasteiger partial charge in [-0.05, 0) is 29.8 Å². The van der Waals surface area contributed by atoms with Crippen LogP contribution < -0.4 is 15.0 Å². The Balaban J connectivity index is 1.35. The minimum Gasteiger partial charge on any atom is -0.496 e. The summed E-state index contributed by atoms with van der Waals surface area (Å²) in [6, 6.07) is 8.83. The molecular formula is C23H24F2N4O3. The first-order chi connectivity index (χ1) is 15.4. The van der Waals surface area contributed by atoms with Gasteiger partial charge in [-0.3, -0.25) is 0 Å². The van der Waals surface area contributed by atoms with Gasteiger partial charge < -0.3 is 24.3 Å². The molecule has 2 amide bonds. The first-order valence-electron chi connectivity index (χ1n) is 10.3. The zero-order valence-corrected chi connectivity index (χ0v) is 17.9. The maximum absolute atomic E-state index is 13.3. The first kappa shape index (κ1) is 21.6. The molecule has 0 aliphatic carbocycles. The summed E-state index contributed by atoms with van der Waals surface area (Å²) >= 11 is 0. The number of rotatable bonds is 5. The molecular weight excluding hydrogens is 418 g/mol. The van der Waals surface area contributed by atoms with Crippen molar-refractivity contribution < 1.29 is 22.7 Å². The number of amides is 2. The quantitative estimate of drug-likeness (QED) is 0.648. The van der Waals surface area contributed by atoms with E-state index in [2.05, 4.69) is 15.2 Å². The number of oxazole rings is 1. The van der Waals surface area contributed by atoms with E-state index >= 15 is 0 Å². The van der Waals surface area contributed by atoms with E-state index in [-0.39, 0.29) is 12.6 Å². The summed E-state index contributed by atoms with van der Waals surface area (Å²) in [4.78, 5) is 20.5. The van der Waals surface area contributed by atoms with Gasteiger partial charge in [0.15, 0.2) is 11.7 Å². The van der Waals surface area contributed by atoms with Gasteiger partial charge >= 0.3 is 6.03 Å². The van der Waals surface area contributed by atoms with Gasteiger partial charge in [0, 0.05) is 57.5 Å². The van der Waals surface area contributed by atoms with Gasteiger partial charge in [0.05, 0.1) is 18.9 Å². The van der Waals surface area contributed by atoms with Gasteiger partial charge in [-0.25, -0.2) is 18.6 Å². The molecule has 0 bridgehead atoms. The van der Waals surface area contributed by atoms with Gasteiger partial charge in [0.2, 0.25) is 0 Å². The minimum atomic E-state index is -0.664. The molecule has 0 unspecified atom stereocenters. The highest BCUT2D eigenvalue weighted by atomic mass is 19.1. The van der Waals surface area contributed by atoms with Crippen LogP contribution in [0.25, 0.3) is 11.3 Å². The van der Waals surface area contributed by atoms with Crippen LogP contribution >= 0.6 is 0 Å². The number of carbonyl (C=O) groups excluding carboxylic acids is 1. The molecule has 4 rings (SSSR count). The molecule has 1 N–H and O–H groups in total. The highest BCUT2D eigenvalue weighted by Crippen LogP contribution is 2.34. The summed E-state index contributed by atoms with van der Waals surface area (Å²) in [7, 11) is 1.61. The number of hydrogen-bond acceptors (Lipinski definition) is 5. The summed E-state index contributed by atoms with van der Waals surface area (Å²) in [5.41, 5.74) is 2.18. The smallest absolute Gasteiger partial charge is 0.317 e. The number of halogens is 2. The standard InChI is InChI=1S/C23H24F2N4O3/c1-15-26-14-22(32-15)20-4-3-19(12-21(20)31-2)28-5-7-29(8-6-28)23(30)27-13-16-9-17(24)11-18(25)10-16/h3-4,9-12,14H,5-8,13H2,1-2H3,(H,27,30). The van der Waals surface area contributed by atoms with Crippen LogP contribution in [-0.2, 0) is 6.54 Å². The summed E-state index contributed by atoms with van der Waals surface area (Å²) in [6.45, 7) is 4.19. The number of anilines is 1. The van der Waals surface area contributed by atoms with Crippen molar-refractivity contribution in [1.82, 2.24) is 15.2 Å².